The first-order valence-corrected chi connectivity index (χ1v) is 16.1. The van der Waals surface area contributed by atoms with E-state index in [0.29, 0.717) is 6.61 Å². The van der Waals surface area contributed by atoms with Gasteiger partial charge in [0.25, 0.3) is 0 Å². The maximum absolute atomic E-state index is 10.5. The van der Waals surface area contributed by atoms with E-state index in [9.17, 15) is 9.59 Å². The van der Waals surface area contributed by atoms with Crippen LogP contribution in [0.5, 0.6) is 0 Å². The molecule has 0 saturated carbocycles. The highest BCUT2D eigenvalue weighted by Gasteiger charge is 1.93. The Morgan fingerprint density at radius 2 is 0.811 bits per heavy atom. The number of rotatable bonds is 27. The van der Waals surface area contributed by atoms with Gasteiger partial charge in [-0.3, -0.25) is 4.79 Å². The quantitative estimate of drug-likeness (QED) is 0.0468. The molecule has 0 N–H and O–H groups in total. The van der Waals surface area contributed by atoms with Crippen LogP contribution in [0.3, 0.4) is 0 Å². The van der Waals surface area contributed by atoms with Crippen LogP contribution < -0.4 is 0 Å². The van der Waals surface area contributed by atoms with Gasteiger partial charge in [0.1, 0.15) is 6.29 Å². The highest BCUT2D eigenvalue weighted by molar-refractivity contribution is 5.65. The number of carbonyl (C=O) groups is 2. The Balaban J connectivity index is 0. The summed E-state index contributed by atoms with van der Waals surface area (Å²) >= 11 is 0. The van der Waals surface area contributed by atoms with Gasteiger partial charge in [0.15, 0.2) is 0 Å². The molecule has 0 radical (unpaired) electrons. The topological polar surface area (TPSA) is 43.4 Å². The van der Waals surface area contributed by atoms with E-state index in [-0.39, 0.29) is 5.97 Å². The average Bonchev–Trinajstić information content (AvgIpc) is 2.89. The lowest BCUT2D eigenvalue weighted by Gasteiger charge is -2.00. The van der Waals surface area contributed by atoms with Crippen LogP contribution >= 0.6 is 0 Å². The predicted molar refractivity (Wildman–Crippen MR) is 163 cm³/mol. The summed E-state index contributed by atoms with van der Waals surface area (Å²) in [6, 6.07) is 0. The molecule has 0 atom stereocenters. The van der Waals surface area contributed by atoms with Crippen molar-refractivity contribution >= 4 is 12.3 Å². The third-order valence-corrected chi connectivity index (χ3v) is 6.55. The van der Waals surface area contributed by atoms with Gasteiger partial charge in [-0.15, -0.1) is 0 Å². The van der Waals surface area contributed by atoms with Crippen LogP contribution in [0.2, 0.25) is 0 Å². The summed E-state index contributed by atoms with van der Waals surface area (Å²) in [5, 5.41) is 0. The molecule has 0 bridgehead atoms. The second-order valence-corrected chi connectivity index (χ2v) is 10.4. The summed E-state index contributed by atoms with van der Waals surface area (Å²) in [6.45, 7) is 6.56. The zero-order chi connectivity index (χ0) is 27.5. The van der Waals surface area contributed by atoms with Gasteiger partial charge in [-0.05, 0) is 70.6 Å². The standard InChI is InChI=1S/C18H34O.C16H30O2/c1-2-3-4-5-6-7-8-9-10-11-12-13-14-15-16-17-18-19;1-3-4-5-6-7-8-9-10-11-12-13-14-15-18-16(2)17/h9-10,18H,2-8,11-17H2,1H3;9-10H,3-8,11-15H2,1-2H3/b2*10-9-. The van der Waals surface area contributed by atoms with Crippen molar-refractivity contribution in [3.8, 4) is 0 Å². The molecular weight excluding hydrogens is 456 g/mol. The lowest BCUT2D eigenvalue weighted by molar-refractivity contribution is -0.141. The fourth-order valence-corrected chi connectivity index (χ4v) is 4.16. The molecule has 0 fully saturated rings. The molecule has 0 aromatic carbocycles. The number of carbonyl (C=O) groups excluding carboxylic acids is 2. The summed E-state index contributed by atoms with van der Waals surface area (Å²) in [5.74, 6) is -0.169. The van der Waals surface area contributed by atoms with Gasteiger partial charge in [-0.1, -0.05) is 115 Å². The predicted octanol–water partition coefficient (Wildman–Crippen LogP) is 11.2. The van der Waals surface area contributed by atoms with Crippen LogP contribution in [0.4, 0.5) is 0 Å². The number of ether oxygens (including phenoxy) is 1. The van der Waals surface area contributed by atoms with Gasteiger partial charge in [0.2, 0.25) is 0 Å². The van der Waals surface area contributed by atoms with E-state index in [4.69, 9.17) is 4.74 Å². The molecule has 0 aliphatic heterocycles. The summed E-state index contributed by atoms with van der Waals surface area (Å²) in [4.78, 5) is 20.6. The molecule has 3 heteroatoms. The van der Waals surface area contributed by atoms with Crippen molar-refractivity contribution in [3.05, 3.63) is 24.3 Å². The highest BCUT2D eigenvalue weighted by Crippen LogP contribution is 2.10. The molecule has 3 nitrogen and oxygen atoms in total. The van der Waals surface area contributed by atoms with Crippen molar-refractivity contribution in [2.45, 2.75) is 175 Å². The van der Waals surface area contributed by atoms with Crippen molar-refractivity contribution in [3.63, 3.8) is 0 Å². The first-order valence-electron chi connectivity index (χ1n) is 16.1. The van der Waals surface area contributed by atoms with Crippen LogP contribution in [0.15, 0.2) is 24.3 Å². The zero-order valence-corrected chi connectivity index (χ0v) is 25.3. The number of hydrogen-bond donors (Lipinski definition) is 0. The van der Waals surface area contributed by atoms with Crippen LogP contribution in [0.25, 0.3) is 0 Å². The third kappa shape index (κ3) is 42.0. The second kappa shape index (κ2) is 36.8. The fraction of sp³-hybridized carbons (Fsp3) is 0.824. The Morgan fingerprint density at radius 1 is 0.486 bits per heavy atom. The van der Waals surface area contributed by atoms with Gasteiger partial charge in [-0.25, -0.2) is 0 Å². The van der Waals surface area contributed by atoms with Crippen molar-refractivity contribution < 1.29 is 14.3 Å². The Bertz CT molecular complexity index is 495. The minimum atomic E-state index is -0.169. The molecule has 218 valence electrons. The minimum Gasteiger partial charge on any atom is -0.466 e. The first kappa shape index (κ1) is 37.8. The highest BCUT2D eigenvalue weighted by atomic mass is 16.5. The zero-order valence-electron chi connectivity index (χ0n) is 25.3. The van der Waals surface area contributed by atoms with E-state index in [2.05, 4.69) is 38.2 Å². The van der Waals surface area contributed by atoms with E-state index >= 15 is 0 Å². The Morgan fingerprint density at radius 3 is 1.16 bits per heavy atom. The summed E-state index contributed by atoms with van der Waals surface area (Å²) < 4.78 is 4.88. The summed E-state index contributed by atoms with van der Waals surface area (Å²) in [5.41, 5.74) is 0. The number of unbranched alkanes of at least 4 members (excludes halogenated alkanes) is 20. The van der Waals surface area contributed by atoms with E-state index in [1.165, 1.54) is 129 Å². The molecule has 0 aliphatic carbocycles. The number of aldehydes is 1. The molecule has 0 aliphatic rings. The number of esters is 1. The second-order valence-electron chi connectivity index (χ2n) is 10.4. The van der Waals surface area contributed by atoms with E-state index in [1.54, 1.807) is 0 Å². The maximum Gasteiger partial charge on any atom is 0.302 e. The number of allylic oxidation sites excluding steroid dienone is 4. The summed E-state index contributed by atoms with van der Waals surface area (Å²) in [7, 11) is 0. The largest absolute Gasteiger partial charge is 0.466 e. The molecule has 0 aromatic heterocycles. The first-order chi connectivity index (χ1) is 18.2. The van der Waals surface area contributed by atoms with Crippen LogP contribution in [-0.4, -0.2) is 18.9 Å². The van der Waals surface area contributed by atoms with Gasteiger partial charge < -0.3 is 9.53 Å². The Hall–Kier alpha value is -1.38. The Kier molecular flexibility index (Phi) is 37.5. The van der Waals surface area contributed by atoms with E-state index < -0.39 is 0 Å². The van der Waals surface area contributed by atoms with Crippen molar-refractivity contribution in [2.24, 2.45) is 0 Å². The van der Waals surface area contributed by atoms with Gasteiger partial charge >= 0.3 is 5.97 Å². The van der Waals surface area contributed by atoms with Crippen molar-refractivity contribution in [1.82, 2.24) is 0 Å². The maximum atomic E-state index is 10.5. The smallest absolute Gasteiger partial charge is 0.302 e. The van der Waals surface area contributed by atoms with Gasteiger partial charge in [0, 0.05) is 13.3 Å². The van der Waals surface area contributed by atoms with Crippen molar-refractivity contribution in [2.75, 3.05) is 6.61 Å². The summed E-state index contributed by atoms with van der Waals surface area (Å²) in [6.07, 6.45) is 40.8. The van der Waals surface area contributed by atoms with Crippen LogP contribution in [0, 0.1) is 0 Å². The molecule has 0 amide bonds. The average molecular weight is 521 g/mol. The monoisotopic (exact) mass is 520 g/mol. The minimum absolute atomic E-state index is 0.169. The third-order valence-electron chi connectivity index (χ3n) is 6.55. The van der Waals surface area contributed by atoms with Crippen molar-refractivity contribution in [1.29, 1.82) is 0 Å². The van der Waals surface area contributed by atoms with Crippen LogP contribution in [-0.2, 0) is 14.3 Å². The van der Waals surface area contributed by atoms with Gasteiger partial charge in [-0.2, -0.15) is 0 Å². The van der Waals surface area contributed by atoms with Crippen LogP contribution in [0.1, 0.15) is 175 Å². The Labute approximate surface area is 232 Å². The molecule has 0 rings (SSSR count). The van der Waals surface area contributed by atoms with E-state index in [1.807, 2.05) is 0 Å². The fourth-order valence-electron chi connectivity index (χ4n) is 4.16. The molecular formula is C34H64O3. The molecule has 0 spiro atoms. The molecule has 0 unspecified atom stereocenters. The molecule has 0 saturated heterocycles. The lowest BCUT2D eigenvalue weighted by Crippen LogP contribution is -1.99. The number of hydrogen-bond acceptors (Lipinski definition) is 3. The SMILES string of the molecule is CCCCCCC/C=C\CCCCCOC(C)=O.CCCCCCCC/C=C\CCCCCCCC=O. The molecule has 0 heterocycles. The van der Waals surface area contributed by atoms with Gasteiger partial charge in [0.05, 0.1) is 6.61 Å². The lowest BCUT2D eigenvalue weighted by atomic mass is 10.1. The molecule has 0 aromatic rings. The molecule has 37 heavy (non-hydrogen) atoms. The van der Waals surface area contributed by atoms with E-state index in [0.717, 1.165) is 38.4 Å². The normalized spacial score (nSPS) is 11.1.